The second kappa shape index (κ2) is 8.58. The van der Waals surface area contributed by atoms with Gasteiger partial charge in [0.15, 0.2) is 6.61 Å². The van der Waals surface area contributed by atoms with Crippen molar-refractivity contribution in [2.45, 2.75) is 26.3 Å². The van der Waals surface area contributed by atoms with Crippen LogP contribution in [-0.4, -0.2) is 19.6 Å². The Morgan fingerprint density at radius 2 is 1.81 bits per heavy atom. The summed E-state index contributed by atoms with van der Waals surface area (Å²) in [5, 5.41) is 5.16. The van der Waals surface area contributed by atoms with Gasteiger partial charge in [0.05, 0.1) is 13.2 Å². The lowest BCUT2D eigenvalue weighted by molar-refractivity contribution is -0.123. The summed E-state index contributed by atoms with van der Waals surface area (Å²) in [7, 11) is 1.66. The maximum absolute atomic E-state index is 12.4. The Kier molecular flexibility index (Phi) is 5.97. The quantitative estimate of drug-likeness (QED) is 0.656. The maximum Gasteiger partial charge on any atom is 0.258 e. The van der Waals surface area contributed by atoms with Crippen LogP contribution in [0, 0.1) is 6.92 Å². The molecule has 0 fully saturated rings. The second-order valence-corrected chi connectivity index (χ2v) is 6.52. The van der Waals surface area contributed by atoms with Crippen molar-refractivity contribution < 1.29 is 14.3 Å². The summed E-state index contributed by atoms with van der Waals surface area (Å²) >= 11 is 0. The first-order chi connectivity index (χ1) is 13.1. The Morgan fingerprint density at radius 1 is 1.04 bits per heavy atom. The van der Waals surface area contributed by atoms with Crippen molar-refractivity contribution in [2.24, 2.45) is 0 Å². The van der Waals surface area contributed by atoms with E-state index < -0.39 is 0 Å². The van der Waals surface area contributed by atoms with Gasteiger partial charge in [0.2, 0.25) is 0 Å². The van der Waals surface area contributed by atoms with E-state index in [4.69, 9.17) is 9.47 Å². The summed E-state index contributed by atoms with van der Waals surface area (Å²) in [6.45, 7) is 4.04. The lowest BCUT2D eigenvalue weighted by atomic mass is 10.0. The topological polar surface area (TPSA) is 47.6 Å². The molecule has 3 aromatic rings. The number of amides is 1. The Labute approximate surface area is 160 Å². The molecule has 27 heavy (non-hydrogen) atoms. The van der Waals surface area contributed by atoms with E-state index in [9.17, 15) is 4.79 Å². The van der Waals surface area contributed by atoms with Crippen molar-refractivity contribution in [3.05, 3.63) is 71.8 Å². The first kappa shape index (κ1) is 18.8. The van der Waals surface area contributed by atoms with Crippen LogP contribution in [0.3, 0.4) is 0 Å². The van der Waals surface area contributed by atoms with Gasteiger partial charge in [-0.25, -0.2) is 0 Å². The third-order valence-electron chi connectivity index (χ3n) is 4.67. The third kappa shape index (κ3) is 4.40. The molecule has 0 aliphatic carbocycles. The molecule has 0 bridgehead atoms. The summed E-state index contributed by atoms with van der Waals surface area (Å²) in [4.78, 5) is 12.4. The number of hydrogen-bond donors (Lipinski definition) is 1. The van der Waals surface area contributed by atoms with Crippen LogP contribution >= 0.6 is 0 Å². The van der Waals surface area contributed by atoms with Crippen molar-refractivity contribution in [3.8, 4) is 11.5 Å². The minimum absolute atomic E-state index is 0.0142. The van der Waals surface area contributed by atoms with Crippen molar-refractivity contribution in [1.29, 1.82) is 0 Å². The van der Waals surface area contributed by atoms with Crippen molar-refractivity contribution in [2.75, 3.05) is 13.7 Å². The van der Waals surface area contributed by atoms with Crippen molar-refractivity contribution >= 4 is 16.7 Å². The minimum Gasteiger partial charge on any atom is -0.496 e. The number of carbonyl (C=O) groups is 1. The number of nitrogens with one attached hydrogen (secondary N) is 1. The zero-order valence-electron chi connectivity index (χ0n) is 16.0. The molecular weight excluding hydrogens is 338 g/mol. The number of hydrogen-bond acceptors (Lipinski definition) is 3. The van der Waals surface area contributed by atoms with Gasteiger partial charge in [-0.1, -0.05) is 55.5 Å². The molecule has 3 rings (SSSR count). The molecule has 0 aliphatic rings. The summed E-state index contributed by atoms with van der Waals surface area (Å²) in [5.41, 5.74) is 2.11. The van der Waals surface area contributed by atoms with Crippen LogP contribution in [0.5, 0.6) is 11.5 Å². The van der Waals surface area contributed by atoms with Crippen LogP contribution < -0.4 is 14.8 Å². The fraction of sp³-hybridized carbons (Fsp3) is 0.261. The summed E-state index contributed by atoms with van der Waals surface area (Å²) < 4.78 is 11.1. The van der Waals surface area contributed by atoms with Gasteiger partial charge in [0.25, 0.3) is 5.91 Å². The Hall–Kier alpha value is -3.01. The fourth-order valence-electron chi connectivity index (χ4n) is 3.24. The van der Waals surface area contributed by atoms with E-state index in [1.165, 1.54) is 0 Å². The monoisotopic (exact) mass is 363 g/mol. The van der Waals surface area contributed by atoms with E-state index in [0.717, 1.165) is 39.8 Å². The number of methoxy groups -OCH3 is 1. The highest BCUT2D eigenvalue weighted by Crippen LogP contribution is 2.26. The molecule has 0 spiro atoms. The van der Waals surface area contributed by atoms with Gasteiger partial charge < -0.3 is 14.8 Å². The van der Waals surface area contributed by atoms with E-state index in [1.54, 1.807) is 7.11 Å². The third-order valence-corrected chi connectivity index (χ3v) is 4.67. The molecule has 1 atom stereocenters. The summed E-state index contributed by atoms with van der Waals surface area (Å²) in [5.74, 6) is 1.43. The molecular formula is C23H25NO3. The smallest absolute Gasteiger partial charge is 0.258 e. The second-order valence-electron chi connectivity index (χ2n) is 6.52. The molecule has 1 amide bonds. The summed E-state index contributed by atoms with van der Waals surface area (Å²) in [6.07, 6.45) is 0.797. The lowest BCUT2D eigenvalue weighted by Crippen LogP contribution is -2.32. The van der Waals surface area contributed by atoms with Crippen LogP contribution in [0.25, 0.3) is 10.8 Å². The molecule has 140 valence electrons. The SMILES string of the molecule is CC[C@@H](NC(=O)COc1cccc2ccccc12)c1ccc(OC)c(C)c1. The van der Waals surface area contributed by atoms with Crippen LogP contribution in [0.4, 0.5) is 0 Å². The number of rotatable bonds is 7. The molecule has 0 radical (unpaired) electrons. The molecule has 0 aromatic heterocycles. The van der Waals surface area contributed by atoms with E-state index >= 15 is 0 Å². The van der Waals surface area contributed by atoms with Gasteiger partial charge in [-0.05, 0) is 42.0 Å². The molecule has 0 saturated carbocycles. The number of ether oxygens (including phenoxy) is 2. The molecule has 1 N–H and O–H groups in total. The average Bonchev–Trinajstić information content (AvgIpc) is 2.70. The van der Waals surface area contributed by atoms with Crippen LogP contribution in [-0.2, 0) is 4.79 Å². The van der Waals surface area contributed by atoms with Crippen LogP contribution in [0.2, 0.25) is 0 Å². The summed E-state index contributed by atoms with van der Waals surface area (Å²) in [6, 6.07) is 19.8. The van der Waals surface area contributed by atoms with Gasteiger partial charge in [0.1, 0.15) is 11.5 Å². The molecule has 4 heteroatoms. The maximum atomic E-state index is 12.4. The number of fused-ring (bicyclic) bond motifs is 1. The average molecular weight is 363 g/mol. The largest absolute Gasteiger partial charge is 0.496 e. The number of aryl methyl sites for hydroxylation is 1. The van der Waals surface area contributed by atoms with Gasteiger partial charge in [-0.2, -0.15) is 0 Å². The fourth-order valence-corrected chi connectivity index (χ4v) is 3.24. The van der Waals surface area contributed by atoms with E-state index in [1.807, 2.05) is 61.5 Å². The van der Waals surface area contributed by atoms with Gasteiger partial charge in [-0.3, -0.25) is 4.79 Å². The van der Waals surface area contributed by atoms with Crippen molar-refractivity contribution in [3.63, 3.8) is 0 Å². The highest BCUT2D eigenvalue weighted by Gasteiger charge is 2.15. The van der Waals surface area contributed by atoms with E-state index in [-0.39, 0.29) is 18.6 Å². The first-order valence-corrected chi connectivity index (χ1v) is 9.16. The molecule has 0 unspecified atom stereocenters. The zero-order chi connectivity index (χ0) is 19.2. The predicted octanol–water partition coefficient (Wildman–Crippen LogP) is 4.80. The molecule has 0 heterocycles. The normalized spacial score (nSPS) is 11.8. The first-order valence-electron chi connectivity index (χ1n) is 9.16. The van der Waals surface area contributed by atoms with Crippen molar-refractivity contribution in [1.82, 2.24) is 5.32 Å². The van der Waals surface area contributed by atoms with E-state index in [2.05, 4.69) is 18.3 Å². The number of benzene rings is 3. The predicted molar refractivity (Wildman–Crippen MR) is 108 cm³/mol. The highest BCUT2D eigenvalue weighted by atomic mass is 16.5. The minimum atomic E-state index is -0.136. The van der Waals surface area contributed by atoms with Gasteiger partial charge in [0, 0.05) is 5.39 Å². The highest BCUT2D eigenvalue weighted by molar-refractivity contribution is 5.88. The zero-order valence-corrected chi connectivity index (χ0v) is 16.0. The Balaban J connectivity index is 1.66. The van der Waals surface area contributed by atoms with Crippen LogP contribution in [0.1, 0.15) is 30.5 Å². The molecule has 0 saturated heterocycles. The molecule has 3 aromatic carbocycles. The van der Waals surface area contributed by atoms with E-state index in [0.29, 0.717) is 0 Å². The van der Waals surface area contributed by atoms with Gasteiger partial charge in [-0.15, -0.1) is 0 Å². The molecule has 4 nitrogen and oxygen atoms in total. The standard InChI is InChI=1S/C23H25NO3/c1-4-20(18-12-13-21(26-3)16(2)14-18)24-23(25)15-27-22-11-7-9-17-8-5-6-10-19(17)22/h5-14,20H,4,15H2,1-3H3,(H,24,25)/t20-/m1/s1. The van der Waals surface area contributed by atoms with Gasteiger partial charge >= 0.3 is 0 Å². The number of carbonyl (C=O) groups excluding carboxylic acids is 1. The Bertz CT molecular complexity index is 931. The Morgan fingerprint density at radius 3 is 2.56 bits per heavy atom. The van der Waals surface area contributed by atoms with Crippen LogP contribution in [0.15, 0.2) is 60.7 Å². The molecule has 0 aliphatic heterocycles. The lowest BCUT2D eigenvalue weighted by Gasteiger charge is -2.19.